The van der Waals surface area contributed by atoms with Gasteiger partial charge in [-0.3, -0.25) is 9.59 Å². The van der Waals surface area contributed by atoms with E-state index in [4.69, 9.17) is 27.9 Å². The molecule has 1 N–H and O–H groups in total. The highest BCUT2D eigenvalue weighted by molar-refractivity contribution is 6.46. The van der Waals surface area contributed by atoms with Crippen LogP contribution in [-0.2, 0) is 22.7 Å². The number of carbonyl (C=O) groups excluding carboxylic acids is 2. The summed E-state index contributed by atoms with van der Waals surface area (Å²) in [4.78, 5) is 31.0. The topological polar surface area (TPSA) is 83.8 Å². The molecule has 0 bridgehead atoms. The van der Waals surface area contributed by atoms with Gasteiger partial charge in [0, 0.05) is 17.2 Å². The van der Waals surface area contributed by atoms with Crippen LogP contribution in [0.25, 0.3) is 5.76 Å². The number of pyridine rings is 1. The van der Waals surface area contributed by atoms with Crippen LogP contribution in [0.1, 0.15) is 33.9 Å². The summed E-state index contributed by atoms with van der Waals surface area (Å²) in [5.41, 5.74) is 3.13. The van der Waals surface area contributed by atoms with Gasteiger partial charge in [-0.1, -0.05) is 71.4 Å². The lowest BCUT2D eigenvalue weighted by atomic mass is 9.93. The number of ketones is 1. The van der Waals surface area contributed by atoms with Crippen molar-refractivity contribution in [2.24, 2.45) is 0 Å². The van der Waals surface area contributed by atoms with Crippen molar-refractivity contribution in [3.8, 4) is 5.75 Å². The number of amides is 1. The number of aromatic nitrogens is 1. The molecular formula is C31H24Cl2N2O4. The number of nitrogens with zero attached hydrogens (tertiary/aromatic N) is 1. The maximum Gasteiger partial charge on any atom is 0.295 e. The lowest BCUT2D eigenvalue weighted by Crippen LogP contribution is -2.29. The Morgan fingerprint density at radius 2 is 1.72 bits per heavy atom. The molecule has 1 amide bonds. The van der Waals surface area contributed by atoms with E-state index in [1.165, 1.54) is 4.90 Å². The summed E-state index contributed by atoms with van der Waals surface area (Å²) < 4.78 is 5.89. The van der Waals surface area contributed by atoms with Gasteiger partial charge in [-0.2, -0.15) is 0 Å². The van der Waals surface area contributed by atoms with E-state index < -0.39 is 23.5 Å². The number of aromatic amines is 1. The van der Waals surface area contributed by atoms with E-state index in [-0.39, 0.29) is 17.1 Å². The van der Waals surface area contributed by atoms with Crippen molar-refractivity contribution in [1.82, 2.24) is 4.90 Å². The Morgan fingerprint density at radius 3 is 2.41 bits per heavy atom. The number of Topliss-reactive ketones (excluding diaryl/α,β-unsaturated/α-hetero) is 1. The van der Waals surface area contributed by atoms with E-state index in [2.05, 4.69) is 4.98 Å². The van der Waals surface area contributed by atoms with Gasteiger partial charge in [0.05, 0.1) is 22.6 Å². The van der Waals surface area contributed by atoms with Crippen LogP contribution < -0.4 is 14.8 Å². The Bertz CT molecular complexity index is 1570. The third-order valence-corrected chi connectivity index (χ3v) is 7.34. The Morgan fingerprint density at radius 1 is 0.949 bits per heavy atom. The molecule has 1 saturated heterocycles. The number of hydrogen-bond donors (Lipinski definition) is 0. The second-order valence-electron chi connectivity index (χ2n) is 9.24. The number of nitrogens with one attached hydrogen (secondary N) is 1. The monoisotopic (exact) mass is 558 g/mol. The van der Waals surface area contributed by atoms with Gasteiger partial charge >= 0.3 is 0 Å². The van der Waals surface area contributed by atoms with Crippen LogP contribution in [-0.4, -0.2) is 16.6 Å². The highest BCUT2D eigenvalue weighted by Gasteiger charge is 2.44. The first-order chi connectivity index (χ1) is 18.8. The lowest BCUT2D eigenvalue weighted by molar-refractivity contribution is -0.378. The van der Waals surface area contributed by atoms with Gasteiger partial charge in [-0.25, -0.2) is 4.98 Å². The number of hydrogen-bond acceptors (Lipinski definition) is 4. The summed E-state index contributed by atoms with van der Waals surface area (Å²) in [7, 11) is 0. The summed E-state index contributed by atoms with van der Waals surface area (Å²) in [6.45, 7) is 2.27. The van der Waals surface area contributed by atoms with Crippen molar-refractivity contribution in [1.29, 1.82) is 0 Å². The number of rotatable bonds is 7. The van der Waals surface area contributed by atoms with Crippen LogP contribution in [0.15, 0.2) is 96.8 Å². The van der Waals surface area contributed by atoms with Crippen LogP contribution in [0.5, 0.6) is 5.75 Å². The number of benzene rings is 3. The zero-order valence-electron chi connectivity index (χ0n) is 21.0. The average Bonchev–Trinajstić information content (AvgIpc) is 3.19. The molecule has 1 aliphatic rings. The number of carbonyl (C=O) groups is 2. The Kier molecular flexibility index (Phi) is 7.68. The zero-order valence-corrected chi connectivity index (χ0v) is 22.5. The fraction of sp³-hybridized carbons (Fsp3) is 0.129. The summed E-state index contributed by atoms with van der Waals surface area (Å²) >= 11 is 12.4. The van der Waals surface area contributed by atoms with Gasteiger partial charge in [-0.05, 0) is 59.5 Å². The third kappa shape index (κ3) is 5.53. The molecule has 5 rings (SSSR count). The SMILES string of the molecule is Cc1cc(OCc2ccccc2)ccc1/C([O-])=C1\C(=O)C(=O)N(Cc2ccc[nH+]c2)C1c1ccc(Cl)c(Cl)c1. The minimum Gasteiger partial charge on any atom is -0.872 e. The third-order valence-electron chi connectivity index (χ3n) is 6.60. The number of aryl methyl sites for hydroxylation is 1. The van der Waals surface area contributed by atoms with Gasteiger partial charge < -0.3 is 14.7 Å². The summed E-state index contributed by atoms with van der Waals surface area (Å²) in [5, 5.41) is 14.5. The van der Waals surface area contributed by atoms with Gasteiger partial charge in [0.15, 0.2) is 12.4 Å². The number of likely N-dealkylation sites (tertiary alicyclic amines) is 1. The Balaban J connectivity index is 1.54. The van der Waals surface area contributed by atoms with Gasteiger partial charge in [0.2, 0.25) is 5.78 Å². The molecule has 1 fully saturated rings. The van der Waals surface area contributed by atoms with Crippen LogP contribution in [0, 0.1) is 6.92 Å². The molecule has 0 radical (unpaired) electrons. The molecule has 3 aromatic carbocycles. The molecule has 2 heterocycles. The van der Waals surface area contributed by atoms with Crippen molar-refractivity contribution in [3.05, 3.63) is 135 Å². The fourth-order valence-electron chi connectivity index (χ4n) is 4.65. The van der Waals surface area contributed by atoms with E-state index >= 15 is 0 Å². The van der Waals surface area contributed by atoms with Crippen molar-refractivity contribution >= 4 is 40.7 Å². The van der Waals surface area contributed by atoms with Crippen LogP contribution >= 0.6 is 23.2 Å². The first kappa shape index (κ1) is 26.5. The molecule has 0 aliphatic carbocycles. The Hall–Kier alpha value is -4.13. The second-order valence-corrected chi connectivity index (χ2v) is 10.1. The van der Waals surface area contributed by atoms with E-state index in [9.17, 15) is 14.7 Å². The fourth-order valence-corrected chi connectivity index (χ4v) is 4.96. The van der Waals surface area contributed by atoms with Gasteiger partial charge in [-0.15, -0.1) is 0 Å². The van der Waals surface area contributed by atoms with Crippen LogP contribution in [0.2, 0.25) is 10.0 Å². The lowest BCUT2D eigenvalue weighted by Gasteiger charge is -2.28. The quantitative estimate of drug-likeness (QED) is 0.179. The molecule has 196 valence electrons. The number of H-pyrrole nitrogens is 1. The highest BCUT2D eigenvalue weighted by Crippen LogP contribution is 2.41. The van der Waals surface area contributed by atoms with Crippen molar-refractivity contribution < 1.29 is 24.4 Å². The first-order valence-corrected chi connectivity index (χ1v) is 13.0. The maximum atomic E-state index is 13.9. The number of halogens is 2. The van der Waals surface area contributed by atoms with Crippen molar-refractivity contribution in [3.63, 3.8) is 0 Å². The van der Waals surface area contributed by atoms with Gasteiger partial charge in [0.1, 0.15) is 12.4 Å². The smallest absolute Gasteiger partial charge is 0.295 e. The van der Waals surface area contributed by atoms with Crippen LogP contribution in [0.3, 0.4) is 0 Å². The number of ether oxygens (including phenoxy) is 1. The molecule has 1 aromatic heterocycles. The summed E-state index contributed by atoms with van der Waals surface area (Å²) in [6, 6.07) is 22.4. The molecule has 1 atom stereocenters. The van der Waals surface area contributed by atoms with Gasteiger partial charge in [0.25, 0.3) is 5.91 Å². The largest absolute Gasteiger partial charge is 0.872 e. The molecule has 0 saturated carbocycles. The minimum absolute atomic E-state index is 0.120. The van der Waals surface area contributed by atoms with E-state index in [1.807, 2.05) is 36.4 Å². The minimum atomic E-state index is -0.930. The first-order valence-electron chi connectivity index (χ1n) is 12.3. The van der Waals surface area contributed by atoms with Crippen molar-refractivity contribution in [2.45, 2.75) is 26.1 Å². The van der Waals surface area contributed by atoms with E-state index in [0.29, 0.717) is 34.1 Å². The second kappa shape index (κ2) is 11.3. The van der Waals surface area contributed by atoms with Crippen LogP contribution in [0.4, 0.5) is 0 Å². The molecule has 4 aromatic rings. The summed E-state index contributed by atoms with van der Waals surface area (Å²) in [6.07, 6.45) is 3.48. The molecule has 1 unspecified atom stereocenters. The molecule has 6 nitrogen and oxygen atoms in total. The molecule has 8 heteroatoms. The maximum absolute atomic E-state index is 13.9. The molecule has 1 aliphatic heterocycles. The zero-order chi connectivity index (χ0) is 27.5. The molecule has 0 spiro atoms. The predicted octanol–water partition coefficient (Wildman–Crippen LogP) is 5.12. The molecule has 39 heavy (non-hydrogen) atoms. The Labute approximate surface area is 236 Å². The highest BCUT2D eigenvalue weighted by atomic mass is 35.5. The van der Waals surface area contributed by atoms with Crippen molar-refractivity contribution in [2.75, 3.05) is 0 Å². The predicted molar refractivity (Wildman–Crippen MR) is 147 cm³/mol. The standard InChI is InChI=1S/C31H24Cl2N2O4/c1-19-14-23(39-18-20-6-3-2-4-7-20)10-11-24(19)29(36)27-28(22-9-12-25(32)26(33)15-22)35(31(38)30(27)37)17-21-8-5-13-34-16-21/h2-16,28,36H,17-18H2,1H3/b29-27+. The average molecular weight is 559 g/mol. The normalized spacial score (nSPS) is 16.5. The van der Waals surface area contributed by atoms with E-state index in [0.717, 1.165) is 11.1 Å². The molecular weight excluding hydrogens is 535 g/mol. The van der Waals surface area contributed by atoms with E-state index in [1.54, 1.807) is 61.8 Å². The summed E-state index contributed by atoms with van der Waals surface area (Å²) in [5.74, 6) is -1.51.